The summed E-state index contributed by atoms with van der Waals surface area (Å²) in [4.78, 5) is 12.4. The molecule has 144 valence electrons. The van der Waals surface area contributed by atoms with Crippen LogP contribution >= 0.6 is 11.8 Å². The van der Waals surface area contributed by atoms with Gasteiger partial charge in [-0.2, -0.15) is 0 Å². The lowest BCUT2D eigenvalue weighted by atomic mass is 10.1. The van der Waals surface area contributed by atoms with Crippen LogP contribution in [0.1, 0.15) is 30.9 Å². The van der Waals surface area contributed by atoms with Gasteiger partial charge in [-0.1, -0.05) is 59.3 Å². The molecule has 0 radical (unpaired) electrons. The van der Waals surface area contributed by atoms with Gasteiger partial charge in [-0.25, -0.2) is 0 Å². The van der Waals surface area contributed by atoms with E-state index in [2.05, 4.69) is 77.9 Å². The first-order valence-corrected chi connectivity index (χ1v) is 10.5. The summed E-state index contributed by atoms with van der Waals surface area (Å²) in [6.07, 6.45) is 2.17. The van der Waals surface area contributed by atoms with Crippen molar-refractivity contribution in [3.05, 3.63) is 59.7 Å². The highest BCUT2D eigenvalue weighted by Crippen LogP contribution is 2.31. The van der Waals surface area contributed by atoms with E-state index in [0.29, 0.717) is 6.04 Å². The SMILES string of the molecule is Cc1ccc(-c2nnc(S[C@@H](C)C(=O)NC3CC3)n2-c2ccc(C)cc2)cc1. The van der Waals surface area contributed by atoms with Crippen molar-refractivity contribution in [2.45, 2.75) is 50.1 Å². The van der Waals surface area contributed by atoms with Crippen molar-refractivity contribution in [1.82, 2.24) is 20.1 Å². The molecule has 1 atom stereocenters. The highest BCUT2D eigenvalue weighted by molar-refractivity contribution is 8.00. The number of amides is 1. The highest BCUT2D eigenvalue weighted by Gasteiger charge is 2.27. The molecule has 1 heterocycles. The van der Waals surface area contributed by atoms with Gasteiger partial charge in [0.2, 0.25) is 5.91 Å². The van der Waals surface area contributed by atoms with E-state index < -0.39 is 0 Å². The second-order valence-corrected chi connectivity index (χ2v) is 8.69. The van der Waals surface area contributed by atoms with Crippen molar-refractivity contribution < 1.29 is 4.79 Å². The van der Waals surface area contributed by atoms with Crippen LogP contribution in [0.25, 0.3) is 17.1 Å². The molecule has 0 saturated heterocycles. The van der Waals surface area contributed by atoms with Crippen molar-refractivity contribution in [1.29, 1.82) is 0 Å². The van der Waals surface area contributed by atoms with Gasteiger partial charge in [-0.05, 0) is 45.7 Å². The molecule has 0 aliphatic heterocycles. The molecule has 1 N–H and O–H groups in total. The van der Waals surface area contributed by atoms with Gasteiger partial charge in [0.05, 0.1) is 5.25 Å². The summed E-state index contributed by atoms with van der Waals surface area (Å²) in [6, 6.07) is 16.9. The Morgan fingerprint density at radius 3 is 2.25 bits per heavy atom. The minimum absolute atomic E-state index is 0.0582. The van der Waals surface area contributed by atoms with Crippen molar-refractivity contribution in [3.8, 4) is 17.1 Å². The Kier molecular flexibility index (Phi) is 5.22. The van der Waals surface area contributed by atoms with Crippen LogP contribution in [0.4, 0.5) is 0 Å². The molecular formula is C22H24N4OS. The number of thioether (sulfide) groups is 1. The van der Waals surface area contributed by atoms with Crippen LogP contribution in [-0.2, 0) is 4.79 Å². The standard InChI is InChI=1S/C22H24N4OS/c1-14-4-8-17(9-5-14)20-24-25-22(26(20)19-12-6-15(2)7-13-19)28-16(3)21(27)23-18-10-11-18/h4-9,12-13,16,18H,10-11H2,1-3H3,(H,23,27)/t16-/m0/s1. The molecule has 28 heavy (non-hydrogen) atoms. The van der Waals surface area contributed by atoms with E-state index in [4.69, 9.17) is 0 Å². The lowest BCUT2D eigenvalue weighted by molar-refractivity contribution is -0.120. The predicted molar refractivity (Wildman–Crippen MR) is 113 cm³/mol. The van der Waals surface area contributed by atoms with Crippen LogP contribution in [0.3, 0.4) is 0 Å². The van der Waals surface area contributed by atoms with Gasteiger partial charge in [-0.15, -0.1) is 10.2 Å². The summed E-state index contributed by atoms with van der Waals surface area (Å²) in [6.45, 7) is 6.05. The van der Waals surface area contributed by atoms with Crippen molar-refractivity contribution in [3.63, 3.8) is 0 Å². The quantitative estimate of drug-likeness (QED) is 0.635. The Morgan fingerprint density at radius 1 is 1.04 bits per heavy atom. The summed E-state index contributed by atoms with van der Waals surface area (Å²) in [5, 5.41) is 12.4. The maximum absolute atomic E-state index is 12.4. The Morgan fingerprint density at radius 2 is 1.64 bits per heavy atom. The van der Waals surface area contributed by atoms with Crippen LogP contribution in [0, 0.1) is 13.8 Å². The fourth-order valence-corrected chi connectivity index (χ4v) is 3.80. The molecular weight excluding hydrogens is 368 g/mol. The fraction of sp³-hybridized carbons (Fsp3) is 0.318. The van der Waals surface area contributed by atoms with E-state index >= 15 is 0 Å². The van der Waals surface area contributed by atoms with Crippen LogP contribution in [0.2, 0.25) is 0 Å². The molecule has 3 aromatic rings. The Balaban J connectivity index is 1.70. The maximum atomic E-state index is 12.4. The van der Waals surface area contributed by atoms with Gasteiger partial charge in [-0.3, -0.25) is 9.36 Å². The lowest BCUT2D eigenvalue weighted by Gasteiger charge is -2.14. The summed E-state index contributed by atoms with van der Waals surface area (Å²) in [7, 11) is 0. The molecule has 0 unspecified atom stereocenters. The maximum Gasteiger partial charge on any atom is 0.233 e. The lowest BCUT2D eigenvalue weighted by Crippen LogP contribution is -2.32. The van der Waals surface area contributed by atoms with Gasteiger partial charge in [0.15, 0.2) is 11.0 Å². The van der Waals surface area contributed by atoms with Crippen LogP contribution in [-0.4, -0.2) is 32.0 Å². The van der Waals surface area contributed by atoms with Gasteiger partial charge < -0.3 is 5.32 Å². The van der Waals surface area contributed by atoms with E-state index in [9.17, 15) is 4.79 Å². The topological polar surface area (TPSA) is 59.8 Å². The molecule has 1 aliphatic carbocycles. The zero-order chi connectivity index (χ0) is 19.7. The zero-order valence-corrected chi connectivity index (χ0v) is 17.2. The first-order valence-electron chi connectivity index (χ1n) is 9.58. The second kappa shape index (κ2) is 7.80. The molecule has 2 aromatic carbocycles. The smallest absolute Gasteiger partial charge is 0.233 e. The monoisotopic (exact) mass is 392 g/mol. The van der Waals surface area contributed by atoms with Crippen molar-refractivity contribution in [2.75, 3.05) is 0 Å². The van der Waals surface area contributed by atoms with E-state index in [1.54, 1.807) is 0 Å². The average Bonchev–Trinajstić information content (AvgIpc) is 3.41. The first-order chi connectivity index (χ1) is 13.5. The molecule has 0 bridgehead atoms. The number of benzene rings is 2. The highest BCUT2D eigenvalue weighted by atomic mass is 32.2. The largest absolute Gasteiger partial charge is 0.352 e. The molecule has 6 heteroatoms. The molecule has 0 spiro atoms. The number of aryl methyl sites for hydroxylation is 2. The van der Waals surface area contributed by atoms with Gasteiger partial charge in [0.25, 0.3) is 0 Å². The second-order valence-electron chi connectivity index (χ2n) is 7.39. The summed E-state index contributed by atoms with van der Waals surface area (Å²) >= 11 is 1.44. The van der Waals surface area contributed by atoms with E-state index in [-0.39, 0.29) is 11.2 Å². The molecule has 1 aliphatic rings. The Labute approximate surface area is 169 Å². The van der Waals surface area contributed by atoms with Gasteiger partial charge >= 0.3 is 0 Å². The van der Waals surface area contributed by atoms with Crippen molar-refractivity contribution >= 4 is 17.7 Å². The summed E-state index contributed by atoms with van der Waals surface area (Å²) in [5.74, 6) is 0.837. The number of nitrogens with zero attached hydrogens (tertiary/aromatic N) is 3. The fourth-order valence-electron chi connectivity index (χ4n) is 2.92. The van der Waals surface area contributed by atoms with E-state index in [1.807, 2.05) is 11.5 Å². The number of hydrogen-bond acceptors (Lipinski definition) is 4. The molecule has 1 amide bonds. The van der Waals surface area contributed by atoms with Gasteiger partial charge in [0, 0.05) is 17.3 Å². The molecule has 1 aromatic heterocycles. The van der Waals surface area contributed by atoms with Crippen LogP contribution < -0.4 is 5.32 Å². The Hall–Kier alpha value is -2.60. The number of carbonyl (C=O) groups is 1. The van der Waals surface area contributed by atoms with Crippen molar-refractivity contribution in [2.24, 2.45) is 0 Å². The number of nitrogens with one attached hydrogen (secondary N) is 1. The van der Waals surface area contributed by atoms with Gasteiger partial charge in [0.1, 0.15) is 0 Å². The zero-order valence-electron chi connectivity index (χ0n) is 16.3. The number of carbonyl (C=O) groups excluding carboxylic acids is 1. The minimum atomic E-state index is -0.236. The number of aromatic nitrogens is 3. The third kappa shape index (κ3) is 4.12. The van der Waals surface area contributed by atoms with E-state index in [1.165, 1.54) is 22.9 Å². The summed E-state index contributed by atoms with van der Waals surface area (Å²) < 4.78 is 2.04. The number of rotatable bonds is 6. The minimum Gasteiger partial charge on any atom is -0.352 e. The summed E-state index contributed by atoms with van der Waals surface area (Å²) in [5.41, 5.74) is 4.38. The Bertz CT molecular complexity index is 975. The average molecular weight is 393 g/mol. The molecule has 1 fully saturated rings. The third-order valence-electron chi connectivity index (χ3n) is 4.81. The van der Waals surface area contributed by atoms with Crippen LogP contribution in [0.15, 0.2) is 53.7 Å². The van der Waals surface area contributed by atoms with E-state index in [0.717, 1.165) is 35.1 Å². The third-order valence-corrected chi connectivity index (χ3v) is 5.85. The number of hydrogen-bond donors (Lipinski definition) is 1. The first kappa shape index (κ1) is 18.7. The molecule has 4 rings (SSSR count). The molecule has 1 saturated carbocycles. The predicted octanol–water partition coefficient (Wildman–Crippen LogP) is 4.31. The normalized spacial score (nSPS) is 14.7. The van der Waals surface area contributed by atoms with Crippen LogP contribution in [0.5, 0.6) is 0 Å². The molecule has 5 nitrogen and oxygen atoms in total.